The molecule has 2 aromatic rings. The zero-order valence-electron chi connectivity index (χ0n) is 13.8. The maximum Gasteiger partial charge on any atom is 0.101 e. The number of likely N-dealkylation sites (tertiary alicyclic amines) is 1. The molecule has 0 unspecified atom stereocenters. The third-order valence-corrected chi connectivity index (χ3v) is 4.85. The fraction of sp³-hybridized carbons (Fsp3) is 0.350. The van der Waals surface area contributed by atoms with Crippen LogP contribution in [0, 0.1) is 11.3 Å². The topological polar surface area (TPSA) is 39.1 Å². The molecule has 0 atom stereocenters. The van der Waals surface area contributed by atoms with Crippen LogP contribution in [-0.2, 0) is 13.1 Å². The van der Waals surface area contributed by atoms with E-state index in [1.165, 1.54) is 43.5 Å². The van der Waals surface area contributed by atoms with E-state index in [1.54, 1.807) is 6.07 Å². The number of nitriles is 1. The second-order valence-corrected chi connectivity index (χ2v) is 6.67. The van der Waals surface area contributed by atoms with Crippen LogP contribution < -0.4 is 5.32 Å². The molecule has 0 aromatic heterocycles. The van der Waals surface area contributed by atoms with Gasteiger partial charge in [0.1, 0.15) is 6.07 Å². The monoisotopic (exact) mass is 339 g/mol. The lowest BCUT2D eigenvalue weighted by atomic mass is 10.0. The van der Waals surface area contributed by atoms with E-state index in [2.05, 4.69) is 40.6 Å². The standard InChI is InChI=1S/C20H22ClN3/c21-20-12-19(9-8-16(20)13-22)23-14-17-6-2-3-7-18(17)15-24-10-4-1-5-11-24/h2-3,6-9,12,23H,1,4-5,10-11,14-15H2. The number of anilines is 1. The van der Waals surface area contributed by atoms with E-state index >= 15 is 0 Å². The molecular weight excluding hydrogens is 318 g/mol. The molecule has 1 saturated heterocycles. The molecule has 3 rings (SSSR count). The Balaban J connectivity index is 1.66. The van der Waals surface area contributed by atoms with Crippen molar-refractivity contribution >= 4 is 17.3 Å². The van der Waals surface area contributed by atoms with Crippen molar-refractivity contribution in [3.05, 3.63) is 64.2 Å². The second-order valence-electron chi connectivity index (χ2n) is 6.27. The minimum absolute atomic E-state index is 0.490. The van der Waals surface area contributed by atoms with E-state index in [0.29, 0.717) is 10.6 Å². The van der Waals surface area contributed by atoms with Crippen molar-refractivity contribution in [2.45, 2.75) is 32.4 Å². The predicted molar refractivity (Wildman–Crippen MR) is 99.1 cm³/mol. The molecule has 0 aliphatic carbocycles. The molecule has 0 radical (unpaired) electrons. The van der Waals surface area contributed by atoms with Gasteiger partial charge in [0, 0.05) is 18.8 Å². The Morgan fingerprint density at radius 1 is 1.04 bits per heavy atom. The van der Waals surface area contributed by atoms with E-state index in [9.17, 15) is 0 Å². The zero-order chi connectivity index (χ0) is 16.8. The molecule has 0 spiro atoms. The van der Waals surface area contributed by atoms with Crippen LogP contribution in [0.5, 0.6) is 0 Å². The SMILES string of the molecule is N#Cc1ccc(NCc2ccccc2CN2CCCCC2)cc1Cl. The highest BCUT2D eigenvalue weighted by molar-refractivity contribution is 6.32. The van der Waals surface area contributed by atoms with E-state index < -0.39 is 0 Å². The Morgan fingerprint density at radius 3 is 2.50 bits per heavy atom. The van der Waals surface area contributed by atoms with Gasteiger partial charge < -0.3 is 5.32 Å². The summed E-state index contributed by atoms with van der Waals surface area (Å²) in [6.45, 7) is 4.18. The molecule has 1 aliphatic heterocycles. The van der Waals surface area contributed by atoms with Crippen LogP contribution in [0.25, 0.3) is 0 Å². The van der Waals surface area contributed by atoms with Crippen LogP contribution in [-0.4, -0.2) is 18.0 Å². The first-order valence-corrected chi connectivity index (χ1v) is 8.87. The van der Waals surface area contributed by atoms with Crippen molar-refractivity contribution in [2.75, 3.05) is 18.4 Å². The van der Waals surface area contributed by atoms with Crippen molar-refractivity contribution in [2.24, 2.45) is 0 Å². The van der Waals surface area contributed by atoms with Crippen molar-refractivity contribution in [1.82, 2.24) is 4.90 Å². The second kappa shape index (κ2) is 8.19. The number of halogens is 1. The fourth-order valence-corrected chi connectivity index (χ4v) is 3.38. The average molecular weight is 340 g/mol. The quantitative estimate of drug-likeness (QED) is 0.849. The lowest BCUT2D eigenvalue weighted by Crippen LogP contribution is -2.29. The number of hydrogen-bond donors (Lipinski definition) is 1. The Bertz CT molecular complexity index is 730. The van der Waals surface area contributed by atoms with Gasteiger partial charge in [-0.2, -0.15) is 5.26 Å². The minimum Gasteiger partial charge on any atom is -0.381 e. The highest BCUT2D eigenvalue weighted by Crippen LogP contribution is 2.22. The molecule has 1 fully saturated rings. The van der Waals surface area contributed by atoms with Crippen LogP contribution in [0.15, 0.2) is 42.5 Å². The van der Waals surface area contributed by atoms with E-state index in [-0.39, 0.29) is 0 Å². The smallest absolute Gasteiger partial charge is 0.101 e. The van der Waals surface area contributed by atoms with Gasteiger partial charge in [-0.15, -0.1) is 0 Å². The summed E-state index contributed by atoms with van der Waals surface area (Å²) in [5.74, 6) is 0. The van der Waals surface area contributed by atoms with Gasteiger partial charge in [0.25, 0.3) is 0 Å². The predicted octanol–water partition coefficient (Wildman–Crippen LogP) is 4.81. The zero-order valence-corrected chi connectivity index (χ0v) is 14.5. The van der Waals surface area contributed by atoms with Crippen molar-refractivity contribution in [3.63, 3.8) is 0 Å². The summed E-state index contributed by atoms with van der Waals surface area (Å²) in [5, 5.41) is 12.9. The summed E-state index contributed by atoms with van der Waals surface area (Å²) < 4.78 is 0. The highest BCUT2D eigenvalue weighted by Gasteiger charge is 2.12. The molecule has 124 valence electrons. The van der Waals surface area contributed by atoms with Crippen LogP contribution in [0.2, 0.25) is 5.02 Å². The van der Waals surface area contributed by atoms with Gasteiger partial charge in [0.2, 0.25) is 0 Å². The van der Waals surface area contributed by atoms with Gasteiger partial charge in [-0.25, -0.2) is 0 Å². The first kappa shape index (κ1) is 16.8. The number of benzene rings is 2. The Kier molecular flexibility index (Phi) is 5.74. The summed E-state index contributed by atoms with van der Waals surface area (Å²) >= 11 is 6.10. The van der Waals surface area contributed by atoms with Gasteiger partial charge in [0.05, 0.1) is 10.6 Å². The largest absolute Gasteiger partial charge is 0.381 e. The molecule has 0 bridgehead atoms. The molecule has 2 aromatic carbocycles. The van der Waals surface area contributed by atoms with Crippen LogP contribution in [0.3, 0.4) is 0 Å². The number of piperidine rings is 1. The molecule has 0 amide bonds. The van der Waals surface area contributed by atoms with Crippen molar-refractivity contribution in [3.8, 4) is 6.07 Å². The summed E-state index contributed by atoms with van der Waals surface area (Å²) in [5.41, 5.74) is 4.13. The van der Waals surface area contributed by atoms with Gasteiger partial charge in [-0.05, 0) is 55.3 Å². The molecule has 1 aliphatic rings. The van der Waals surface area contributed by atoms with E-state index in [0.717, 1.165) is 18.8 Å². The summed E-state index contributed by atoms with van der Waals surface area (Å²) in [6, 6.07) is 16.1. The molecule has 4 heteroatoms. The summed E-state index contributed by atoms with van der Waals surface area (Å²) in [4.78, 5) is 2.54. The van der Waals surface area contributed by atoms with E-state index in [4.69, 9.17) is 16.9 Å². The summed E-state index contributed by atoms with van der Waals surface area (Å²) in [6.07, 6.45) is 3.98. The maximum atomic E-state index is 8.95. The molecule has 0 saturated carbocycles. The highest BCUT2D eigenvalue weighted by atomic mass is 35.5. The first-order chi connectivity index (χ1) is 11.8. The number of rotatable bonds is 5. The lowest BCUT2D eigenvalue weighted by Gasteiger charge is -2.27. The van der Waals surface area contributed by atoms with Gasteiger partial charge in [0.15, 0.2) is 0 Å². The Hall–Kier alpha value is -2.02. The Morgan fingerprint density at radius 2 is 1.79 bits per heavy atom. The van der Waals surface area contributed by atoms with Crippen molar-refractivity contribution < 1.29 is 0 Å². The van der Waals surface area contributed by atoms with Gasteiger partial charge >= 0.3 is 0 Å². The van der Waals surface area contributed by atoms with E-state index in [1.807, 2.05) is 12.1 Å². The molecule has 3 nitrogen and oxygen atoms in total. The fourth-order valence-electron chi connectivity index (χ4n) is 3.16. The molecule has 24 heavy (non-hydrogen) atoms. The third kappa shape index (κ3) is 4.29. The third-order valence-electron chi connectivity index (χ3n) is 4.53. The number of hydrogen-bond acceptors (Lipinski definition) is 3. The van der Waals surface area contributed by atoms with Gasteiger partial charge in [-0.3, -0.25) is 4.90 Å². The van der Waals surface area contributed by atoms with Crippen LogP contribution >= 0.6 is 11.6 Å². The molecular formula is C20H22ClN3. The van der Waals surface area contributed by atoms with Gasteiger partial charge in [-0.1, -0.05) is 42.3 Å². The first-order valence-electron chi connectivity index (χ1n) is 8.49. The van der Waals surface area contributed by atoms with Crippen LogP contribution in [0.4, 0.5) is 5.69 Å². The van der Waals surface area contributed by atoms with Crippen molar-refractivity contribution in [1.29, 1.82) is 5.26 Å². The Labute approximate surface area is 148 Å². The number of nitrogens with zero attached hydrogens (tertiary/aromatic N) is 2. The normalized spacial score (nSPS) is 15.0. The number of nitrogens with one attached hydrogen (secondary N) is 1. The lowest BCUT2D eigenvalue weighted by molar-refractivity contribution is 0.220. The molecule has 1 N–H and O–H groups in total. The minimum atomic E-state index is 0.490. The summed E-state index contributed by atoms with van der Waals surface area (Å²) in [7, 11) is 0. The van der Waals surface area contributed by atoms with Crippen LogP contribution in [0.1, 0.15) is 36.0 Å². The average Bonchev–Trinajstić information content (AvgIpc) is 2.62. The maximum absolute atomic E-state index is 8.95. The molecule has 1 heterocycles.